The smallest absolute Gasteiger partial charge is 0.286 e. The molecule has 9 nitrogen and oxygen atoms in total. The van der Waals surface area contributed by atoms with Crippen molar-refractivity contribution in [2.75, 3.05) is 20.7 Å². The molecule has 0 saturated heterocycles. The highest BCUT2D eigenvalue weighted by Gasteiger charge is 2.25. The van der Waals surface area contributed by atoms with E-state index < -0.39 is 10.8 Å². The third-order valence-electron chi connectivity index (χ3n) is 3.64. The predicted molar refractivity (Wildman–Crippen MR) is 111 cm³/mol. The Morgan fingerprint density at radius 3 is 2.61 bits per heavy atom. The molecule has 0 spiro atoms. The van der Waals surface area contributed by atoms with Gasteiger partial charge in [0.25, 0.3) is 11.6 Å². The van der Waals surface area contributed by atoms with Crippen LogP contribution in [-0.4, -0.2) is 42.6 Å². The van der Waals surface area contributed by atoms with Crippen LogP contribution in [0.4, 0.5) is 5.69 Å². The van der Waals surface area contributed by atoms with Gasteiger partial charge in [-0.25, -0.2) is 4.98 Å². The largest absolute Gasteiger partial charge is 0.493 e. The number of hydrogen-bond acceptors (Lipinski definition) is 8. The lowest BCUT2D eigenvalue weighted by atomic mass is 10.1. The van der Waals surface area contributed by atoms with Crippen molar-refractivity contribution in [1.29, 1.82) is 0 Å². The zero-order valence-corrected chi connectivity index (χ0v) is 17.9. The number of hydrogen-bond donors (Lipinski definition) is 2. The van der Waals surface area contributed by atoms with E-state index in [4.69, 9.17) is 9.47 Å². The first-order valence-electron chi connectivity index (χ1n) is 7.78. The molecular formula is C16H22Cl2N4O5S. The third kappa shape index (κ3) is 6.79. The summed E-state index contributed by atoms with van der Waals surface area (Å²) in [5.41, 5.74) is 1.92. The topological polar surface area (TPSA) is 116 Å². The number of carbonyl (C=O) groups excluding carboxylic acids is 1. The Labute approximate surface area is 178 Å². The lowest BCUT2D eigenvalue weighted by Crippen LogP contribution is -2.37. The number of nitrogens with one attached hydrogen (secondary N) is 2. The Hall–Kier alpha value is -2.14. The number of thiazole rings is 1. The lowest BCUT2D eigenvalue weighted by molar-refractivity contribution is -0.385. The zero-order valence-electron chi connectivity index (χ0n) is 15.5. The predicted octanol–water partition coefficient (Wildman–Crippen LogP) is 2.82. The lowest BCUT2D eigenvalue weighted by Gasteiger charge is -2.14. The summed E-state index contributed by atoms with van der Waals surface area (Å²) in [5, 5.41) is 18.9. The Morgan fingerprint density at radius 2 is 2.07 bits per heavy atom. The van der Waals surface area contributed by atoms with Gasteiger partial charge in [0, 0.05) is 24.0 Å². The van der Waals surface area contributed by atoms with E-state index >= 15 is 0 Å². The number of benzene rings is 1. The van der Waals surface area contributed by atoms with Crippen molar-refractivity contribution in [2.24, 2.45) is 0 Å². The highest BCUT2D eigenvalue weighted by molar-refractivity contribution is 7.07. The Morgan fingerprint density at radius 1 is 1.36 bits per heavy atom. The first-order chi connectivity index (χ1) is 12.5. The fourth-order valence-electron chi connectivity index (χ4n) is 2.06. The van der Waals surface area contributed by atoms with Crippen molar-refractivity contribution < 1.29 is 19.2 Å². The Kier molecular flexibility index (Phi) is 11.4. The van der Waals surface area contributed by atoms with Crippen molar-refractivity contribution in [1.82, 2.24) is 15.6 Å². The van der Waals surface area contributed by atoms with Gasteiger partial charge in [0.2, 0.25) is 0 Å². The minimum absolute atomic E-state index is 0. The summed E-state index contributed by atoms with van der Waals surface area (Å²) in [7, 11) is 3.17. The molecule has 28 heavy (non-hydrogen) atoms. The van der Waals surface area contributed by atoms with Gasteiger partial charge in [0.05, 0.1) is 29.3 Å². The van der Waals surface area contributed by atoms with Gasteiger partial charge in [-0.2, -0.15) is 0 Å². The van der Waals surface area contributed by atoms with Crippen LogP contribution in [0.1, 0.15) is 23.0 Å². The van der Waals surface area contributed by atoms with E-state index in [1.807, 2.05) is 12.3 Å². The van der Waals surface area contributed by atoms with Crippen molar-refractivity contribution in [3.05, 3.63) is 44.4 Å². The minimum atomic E-state index is -0.619. The number of amides is 1. The molecule has 1 heterocycles. The van der Waals surface area contributed by atoms with E-state index in [0.717, 1.165) is 0 Å². The van der Waals surface area contributed by atoms with Gasteiger partial charge in [-0.3, -0.25) is 14.9 Å². The number of nitrogens with zero attached hydrogens (tertiary/aromatic N) is 2. The van der Waals surface area contributed by atoms with E-state index in [1.54, 1.807) is 12.6 Å². The number of carbonyl (C=O) groups is 1. The standard InChI is InChI=1S/C16H20N4O5S.2ClH/c1-10(17-2)6-18-16(21)12-4-14(24-3)15(5-13(12)20(22)23)25-7-11-8-26-9-19-11;;/h4-5,8-10,17H,6-7H2,1-3H3,(H,18,21);2*1H. The molecule has 2 N–H and O–H groups in total. The molecule has 2 aromatic rings. The molecule has 0 aliphatic rings. The van der Waals surface area contributed by atoms with Crippen LogP contribution in [0.5, 0.6) is 11.5 Å². The van der Waals surface area contributed by atoms with Gasteiger partial charge in [-0.1, -0.05) is 0 Å². The van der Waals surface area contributed by atoms with Crippen molar-refractivity contribution in [3.8, 4) is 11.5 Å². The second-order valence-corrected chi connectivity index (χ2v) is 6.16. The van der Waals surface area contributed by atoms with Crippen molar-refractivity contribution >= 4 is 47.7 Å². The van der Waals surface area contributed by atoms with Crippen LogP contribution >= 0.6 is 36.2 Å². The van der Waals surface area contributed by atoms with Crippen LogP contribution in [0.25, 0.3) is 0 Å². The monoisotopic (exact) mass is 452 g/mol. The molecular weight excluding hydrogens is 431 g/mol. The maximum absolute atomic E-state index is 12.4. The van der Waals surface area contributed by atoms with Gasteiger partial charge < -0.3 is 20.1 Å². The maximum atomic E-state index is 12.4. The molecule has 1 amide bonds. The summed E-state index contributed by atoms with van der Waals surface area (Å²) < 4.78 is 10.8. The number of nitro benzene ring substituents is 1. The molecule has 0 saturated carbocycles. The highest BCUT2D eigenvalue weighted by atomic mass is 35.5. The quantitative estimate of drug-likeness (QED) is 0.443. The molecule has 1 unspecified atom stereocenters. The number of ether oxygens (including phenoxy) is 2. The molecule has 0 aliphatic carbocycles. The van der Waals surface area contributed by atoms with E-state index in [9.17, 15) is 14.9 Å². The number of methoxy groups -OCH3 is 1. The molecule has 1 aromatic heterocycles. The zero-order chi connectivity index (χ0) is 19.1. The van der Waals surface area contributed by atoms with Gasteiger partial charge in [-0.05, 0) is 14.0 Å². The minimum Gasteiger partial charge on any atom is -0.493 e. The van der Waals surface area contributed by atoms with Gasteiger partial charge >= 0.3 is 0 Å². The van der Waals surface area contributed by atoms with Gasteiger partial charge in [-0.15, -0.1) is 36.2 Å². The van der Waals surface area contributed by atoms with Crippen LogP contribution in [0.15, 0.2) is 23.0 Å². The molecule has 1 aromatic carbocycles. The average molecular weight is 453 g/mol. The molecule has 1 atom stereocenters. The summed E-state index contributed by atoms with van der Waals surface area (Å²) in [6, 6.07) is 2.54. The van der Waals surface area contributed by atoms with E-state index in [1.165, 1.54) is 30.6 Å². The number of rotatable bonds is 9. The highest BCUT2D eigenvalue weighted by Crippen LogP contribution is 2.35. The third-order valence-corrected chi connectivity index (χ3v) is 4.28. The van der Waals surface area contributed by atoms with Crippen LogP contribution in [0, 0.1) is 10.1 Å². The molecule has 0 bridgehead atoms. The number of likely N-dealkylation sites (N-methyl/N-ethyl adjacent to an activating group) is 1. The molecule has 2 rings (SSSR count). The van der Waals surface area contributed by atoms with Crippen LogP contribution < -0.4 is 20.1 Å². The summed E-state index contributed by atoms with van der Waals surface area (Å²) in [4.78, 5) is 27.2. The number of halogens is 2. The maximum Gasteiger partial charge on any atom is 0.286 e. The van der Waals surface area contributed by atoms with Crippen molar-refractivity contribution in [2.45, 2.75) is 19.6 Å². The summed E-state index contributed by atoms with van der Waals surface area (Å²) in [6.07, 6.45) is 0. The SMILES string of the molecule is CNC(C)CNC(=O)c1cc(OC)c(OCc2cscn2)cc1[N+](=O)[O-].Cl.Cl. The van der Waals surface area contributed by atoms with Crippen LogP contribution in [0.3, 0.4) is 0 Å². The normalized spacial score (nSPS) is 10.8. The first-order valence-corrected chi connectivity index (χ1v) is 8.72. The second kappa shape index (κ2) is 12.3. The molecule has 0 fully saturated rings. The second-order valence-electron chi connectivity index (χ2n) is 5.45. The molecule has 156 valence electrons. The van der Waals surface area contributed by atoms with Crippen LogP contribution in [-0.2, 0) is 6.61 Å². The van der Waals surface area contributed by atoms with Crippen LogP contribution in [0.2, 0.25) is 0 Å². The molecule has 0 aliphatic heterocycles. The van der Waals surface area contributed by atoms with E-state index in [-0.39, 0.29) is 60.2 Å². The fourth-order valence-corrected chi connectivity index (χ4v) is 2.60. The van der Waals surface area contributed by atoms with E-state index in [0.29, 0.717) is 12.2 Å². The molecule has 0 radical (unpaired) electrons. The summed E-state index contributed by atoms with van der Waals surface area (Å²) in [6.45, 7) is 2.35. The summed E-state index contributed by atoms with van der Waals surface area (Å²) in [5.74, 6) is -0.145. The average Bonchev–Trinajstić information content (AvgIpc) is 3.16. The molecule has 12 heteroatoms. The Bertz CT molecular complexity index is 777. The van der Waals surface area contributed by atoms with Crippen molar-refractivity contribution in [3.63, 3.8) is 0 Å². The van der Waals surface area contributed by atoms with Gasteiger partial charge in [0.1, 0.15) is 12.2 Å². The summed E-state index contributed by atoms with van der Waals surface area (Å²) >= 11 is 1.42. The van der Waals surface area contributed by atoms with Gasteiger partial charge in [0.15, 0.2) is 11.5 Å². The first kappa shape index (κ1) is 25.9. The number of nitro groups is 1. The Balaban J connectivity index is 0.00000364. The number of aromatic nitrogens is 1. The fraction of sp³-hybridized carbons (Fsp3) is 0.375. The van der Waals surface area contributed by atoms with E-state index in [2.05, 4.69) is 15.6 Å².